The summed E-state index contributed by atoms with van der Waals surface area (Å²) >= 11 is 0. The third-order valence-electron chi connectivity index (χ3n) is 4.26. The van der Waals surface area contributed by atoms with Crippen LogP contribution in [0, 0.1) is 0 Å². The molecule has 0 aliphatic heterocycles. The molecule has 3 heteroatoms. The zero-order valence-corrected chi connectivity index (χ0v) is 15.5. The summed E-state index contributed by atoms with van der Waals surface area (Å²) in [6.45, 7) is 3.71. The number of benzene rings is 2. The van der Waals surface area contributed by atoms with Gasteiger partial charge in [-0.3, -0.25) is 0 Å². The molecule has 138 valence electrons. The minimum absolute atomic E-state index is 0.183. The van der Waals surface area contributed by atoms with Crippen molar-refractivity contribution in [2.24, 2.45) is 5.10 Å². The zero-order chi connectivity index (χ0) is 18.5. The van der Waals surface area contributed by atoms with Crippen LogP contribution in [-0.2, 0) is 0 Å². The van der Waals surface area contributed by atoms with Crippen LogP contribution >= 0.6 is 0 Å². The number of hydrogen-bond donors (Lipinski definition) is 1. The van der Waals surface area contributed by atoms with E-state index in [1.807, 2.05) is 53.7 Å². The summed E-state index contributed by atoms with van der Waals surface area (Å²) in [5.41, 5.74) is 2.10. The van der Waals surface area contributed by atoms with Crippen LogP contribution in [0.3, 0.4) is 0 Å². The van der Waals surface area contributed by atoms with E-state index < -0.39 is 0 Å². The van der Waals surface area contributed by atoms with Gasteiger partial charge in [-0.05, 0) is 62.8 Å². The molecule has 2 aromatic rings. The summed E-state index contributed by atoms with van der Waals surface area (Å²) in [7, 11) is 0. The number of hydrazone groups is 1. The van der Waals surface area contributed by atoms with Crippen LogP contribution in [0.5, 0.6) is 0 Å². The van der Waals surface area contributed by atoms with Crippen LogP contribution in [0.25, 0.3) is 0 Å². The first-order valence-corrected chi connectivity index (χ1v) is 9.53. The van der Waals surface area contributed by atoms with E-state index in [4.69, 9.17) is 0 Å². The lowest BCUT2D eigenvalue weighted by molar-refractivity contribution is 0.149. The zero-order valence-electron chi connectivity index (χ0n) is 15.5. The lowest BCUT2D eigenvalue weighted by Gasteiger charge is -2.19. The minimum atomic E-state index is -0.183. The van der Waals surface area contributed by atoms with E-state index in [1.165, 1.54) is 0 Å². The summed E-state index contributed by atoms with van der Waals surface area (Å²) < 4.78 is 0. The van der Waals surface area contributed by atoms with Crippen molar-refractivity contribution >= 4 is 17.6 Å². The number of para-hydroxylation sites is 2. The van der Waals surface area contributed by atoms with Crippen molar-refractivity contribution in [3.8, 4) is 0 Å². The molecule has 0 bridgehead atoms. The van der Waals surface area contributed by atoms with Gasteiger partial charge < -0.3 is 5.11 Å². The molecule has 0 spiro atoms. The predicted octanol–water partition coefficient (Wildman–Crippen LogP) is 6.09. The number of rotatable bonds is 12. The van der Waals surface area contributed by atoms with Crippen LogP contribution in [0.4, 0.5) is 11.4 Å². The number of allylic oxidation sites excluding steroid dienone is 1. The van der Waals surface area contributed by atoms with Gasteiger partial charge in [0, 0.05) is 6.21 Å². The summed E-state index contributed by atoms with van der Waals surface area (Å²) in [5, 5.41) is 16.6. The second-order valence-corrected chi connectivity index (χ2v) is 6.44. The van der Waals surface area contributed by atoms with Crippen molar-refractivity contribution in [2.75, 3.05) is 5.01 Å². The van der Waals surface area contributed by atoms with E-state index in [2.05, 4.69) is 35.9 Å². The molecule has 0 aliphatic carbocycles. The van der Waals surface area contributed by atoms with Crippen molar-refractivity contribution in [1.82, 2.24) is 0 Å². The quantitative estimate of drug-likeness (QED) is 0.218. The fourth-order valence-corrected chi connectivity index (χ4v) is 2.82. The van der Waals surface area contributed by atoms with Gasteiger partial charge in [-0.15, -0.1) is 6.58 Å². The number of unbranched alkanes of at least 4 members (excludes halogenated alkanes) is 3. The molecule has 26 heavy (non-hydrogen) atoms. The monoisotopic (exact) mass is 350 g/mol. The van der Waals surface area contributed by atoms with Gasteiger partial charge in [0.05, 0.1) is 17.5 Å². The fourth-order valence-electron chi connectivity index (χ4n) is 2.82. The summed E-state index contributed by atoms with van der Waals surface area (Å²) in [5.74, 6) is 0. The SMILES string of the molecule is C=CCCCC(O)CCCC/C=N/N(c1ccccc1)c1ccccc1. The lowest BCUT2D eigenvalue weighted by atomic mass is 10.1. The predicted molar refractivity (Wildman–Crippen MR) is 112 cm³/mol. The molecule has 2 aromatic carbocycles. The van der Waals surface area contributed by atoms with E-state index in [-0.39, 0.29) is 6.10 Å². The molecule has 0 amide bonds. The molecule has 2 rings (SSSR count). The number of aliphatic hydroxyl groups excluding tert-OH is 1. The van der Waals surface area contributed by atoms with Crippen LogP contribution in [-0.4, -0.2) is 17.4 Å². The third kappa shape index (κ3) is 7.24. The Balaban J connectivity index is 1.81. The van der Waals surface area contributed by atoms with E-state index in [9.17, 15) is 5.11 Å². The standard InChI is InChI=1S/C23H30N2O/c1-2-3-7-18-23(26)19-12-6-13-20-24-25(21-14-8-4-9-15-21)22-16-10-5-11-17-22/h2,4-5,8-11,14-17,20,23,26H,1,3,6-7,12-13,18-19H2/b24-20+. The van der Waals surface area contributed by atoms with Crippen molar-refractivity contribution < 1.29 is 5.11 Å². The Labute approximate surface area is 157 Å². The van der Waals surface area contributed by atoms with Crippen LogP contribution in [0.2, 0.25) is 0 Å². The molecular weight excluding hydrogens is 320 g/mol. The second kappa shape index (κ2) is 12.0. The highest BCUT2D eigenvalue weighted by Crippen LogP contribution is 2.25. The topological polar surface area (TPSA) is 35.8 Å². The summed E-state index contributed by atoms with van der Waals surface area (Å²) in [4.78, 5) is 0. The highest BCUT2D eigenvalue weighted by molar-refractivity contribution is 5.67. The average Bonchev–Trinajstić information content (AvgIpc) is 2.69. The van der Waals surface area contributed by atoms with Crippen molar-refractivity contribution in [1.29, 1.82) is 0 Å². The number of hydrogen-bond acceptors (Lipinski definition) is 3. The van der Waals surface area contributed by atoms with Crippen molar-refractivity contribution in [2.45, 2.75) is 51.0 Å². The Bertz CT molecular complexity index is 600. The normalized spacial score (nSPS) is 12.2. The Morgan fingerprint density at radius 2 is 1.42 bits per heavy atom. The van der Waals surface area contributed by atoms with Gasteiger partial charge in [-0.25, -0.2) is 5.01 Å². The highest BCUT2D eigenvalue weighted by atomic mass is 16.3. The van der Waals surface area contributed by atoms with Gasteiger partial charge in [0.1, 0.15) is 0 Å². The molecule has 0 aromatic heterocycles. The van der Waals surface area contributed by atoms with Gasteiger partial charge >= 0.3 is 0 Å². The molecule has 0 heterocycles. The Hall–Kier alpha value is -2.39. The lowest BCUT2D eigenvalue weighted by Crippen LogP contribution is -2.09. The molecule has 0 saturated carbocycles. The first kappa shape index (κ1) is 19.9. The molecule has 0 fully saturated rings. The molecule has 1 N–H and O–H groups in total. The maximum Gasteiger partial charge on any atom is 0.0652 e. The smallest absolute Gasteiger partial charge is 0.0652 e. The largest absolute Gasteiger partial charge is 0.393 e. The molecule has 0 radical (unpaired) electrons. The van der Waals surface area contributed by atoms with Gasteiger partial charge in [-0.2, -0.15) is 5.10 Å². The fraction of sp³-hybridized carbons (Fsp3) is 0.348. The third-order valence-corrected chi connectivity index (χ3v) is 4.26. The molecule has 0 aliphatic rings. The average molecular weight is 351 g/mol. The Morgan fingerprint density at radius 3 is 2.00 bits per heavy atom. The van der Waals surface area contributed by atoms with E-state index in [0.717, 1.165) is 56.3 Å². The minimum Gasteiger partial charge on any atom is -0.393 e. The van der Waals surface area contributed by atoms with Crippen LogP contribution < -0.4 is 5.01 Å². The molecule has 1 atom stereocenters. The van der Waals surface area contributed by atoms with Gasteiger partial charge in [-0.1, -0.05) is 48.9 Å². The number of anilines is 2. The van der Waals surface area contributed by atoms with Gasteiger partial charge in [0.25, 0.3) is 0 Å². The van der Waals surface area contributed by atoms with Gasteiger partial charge in [0.15, 0.2) is 0 Å². The summed E-state index contributed by atoms with van der Waals surface area (Å²) in [6, 6.07) is 20.3. The van der Waals surface area contributed by atoms with E-state index in [0.29, 0.717) is 0 Å². The van der Waals surface area contributed by atoms with Crippen molar-refractivity contribution in [3.63, 3.8) is 0 Å². The molecular formula is C23H30N2O. The second-order valence-electron chi connectivity index (χ2n) is 6.44. The number of nitrogens with zero attached hydrogens (tertiary/aromatic N) is 2. The maximum absolute atomic E-state index is 9.94. The van der Waals surface area contributed by atoms with E-state index >= 15 is 0 Å². The molecule has 0 saturated heterocycles. The summed E-state index contributed by atoms with van der Waals surface area (Å²) in [6.07, 6.45) is 10.4. The first-order valence-electron chi connectivity index (χ1n) is 9.53. The number of aliphatic hydroxyl groups is 1. The Kier molecular flexibility index (Phi) is 9.23. The van der Waals surface area contributed by atoms with Crippen molar-refractivity contribution in [3.05, 3.63) is 73.3 Å². The maximum atomic E-state index is 9.94. The Morgan fingerprint density at radius 1 is 0.846 bits per heavy atom. The van der Waals surface area contributed by atoms with Gasteiger partial charge in [0.2, 0.25) is 0 Å². The molecule has 1 unspecified atom stereocenters. The first-order chi connectivity index (χ1) is 12.8. The molecule has 3 nitrogen and oxygen atoms in total. The van der Waals surface area contributed by atoms with Crippen LogP contribution in [0.15, 0.2) is 78.4 Å². The van der Waals surface area contributed by atoms with E-state index in [1.54, 1.807) is 0 Å². The van der Waals surface area contributed by atoms with Crippen LogP contribution in [0.1, 0.15) is 44.9 Å². The highest BCUT2D eigenvalue weighted by Gasteiger charge is 2.06.